The van der Waals surface area contributed by atoms with Crippen molar-refractivity contribution >= 4 is 0 Å². The molecule has 0 bridgehead atoms. The summed E-state index contributed by atoms with van der Waals surface area (Å²) in [7, 11) is 0. The predicted molar refractivity (Wildman–Crippen MR) is 55.4 cm³/mol. The van der Waals surface area contributed by atoms with Crippen molar-refractivity contribution in [2.75, 3.05) is 0 Å². The molecule has 0 radical (unpaired) electrons. The number of halogens is 5. The average molecular weight is 293 g/mol. The van der Waals surface area contributed by atoms with Crippen LogP contribution in [0.5, 0.6) is 0 Å². The van der Waals surface area contributed by atoms with Gasteiger partial charge in [-0.05, 0) is 0 Å². The highest BCUT2D eigenvalue weighted by atomic mass is 19.4. The maximum Gasteiger partial charge on any atom is 0.389 e. The normalized spacial score (nSPS) is 14.6. The highest BCUT2D eigenvalue weighted by Gasteiger charge is 2.42. The Morgan fingerprint density at radius 3 is 2.45 bits per heavy atom. The standard InChI is InChI=1S/C11H8F5N3O/c1-18-10(6-17,2-3-11(14,15)16)5-7-4-8(9(12)13)20-19-7/h4,9H,2-3,5H2. The van der Waals surface area contributed by atoms with E-state index >= 15 is 0 Å². The summed E-state index contributed by atoms with van der Waals surface area (Å²) >= 11 is 0. The van der Waals surface area contributed by atoms with Crippen LogP contribution in [-0.2, 0) is 6.42 Å². The summed E-state index contributed by atoms with van der Waals surface area (Å²) in [5.41, 5.74) is -2.15. The van der Waals surface area contributed by atoms with Crippen molar-refractivity contribution in [3.63, 3.8) is 0 Å². The van der Waals surface area contributed by atoms with Gasteiger partial charge < -0.3 is 4.52 Å². The summed E-state index contributed by atoms with van der Waals surface area (Å²) in [5.74, 6) is -0.757. The summed E-state index contributed by atoms with van der Waals surface area (Å²) < 4.78 is 65.3. The molecule has 108 valence electrons. The zero-order valence-electron chi connectivity index (χ0n) is 9.92. The summed E-state index contributed by atoms with van der Waals surface area (Å²) in [6.07, 6.45) is -10.0. The van der Waals surface area contributed by atoms with Gasteiger partial charge in [-0.3, -0.25) is 4.85 Å². The number of nitriles is 1. The minimum Gasteiger partial charge on any atom is -0.355 e. The zero-order chi connectivity index (χ0) is 15.4. The lowest BCUT2D eigenvalue weighted by Crippen LogP contribution is -2.28. The van der Waals surface area contributed by atoms with Gasteiger partial charge in [-0.2, -0.15) is 18.4 Å². The first-order chi connectivity index (χ1) is 9.21. The first-order valence-electron chi connectivity index (χ1n) is 5.31. The Morgan fingerprint density at radius 2 is 2.05 bits per heavy atom. The molecule has 0 aliphatic carbocycles. The maximum absolute atomic E-state index is 12.3. The van der Waals surface area contributed by atoms with Gasteiger partial charge in [0.05, 0.1) is 18.5 Å². The van der Waals surface area contributed by atoms with E-state index in [1.54, 1.807) is 0 Å². The molecule has 1 rings (SSSR count). The SMILES string of the molecule is [C-]#[N+]C(C#N)(CCC(F)(F)F)Cc1cc(C(F)F)on1. The molecule has 0 aliphatic rings. The molecule has 0 aromatic carbocycles. The Labute approximate surface area is 110 Å². The number of nitrogens with zero attached hydrogens (tertiary/aromatic N) is 3. The molecule has 4 nitrogen and oxygen atoms in total. The van der Waals surface area contributed by atoms with E-state index in [0.29, 0.717) is 0 Å². The molecular weight excluding hydrogens is 285 g/mol. The average Bonchev–Trinajstić information content (AvgIpc) is 2.82. The van der Waals surface area contributed by atoms with Crippen molar-refractivity contribution in [3.8, 4) is 6.07 Å². The maximum atomic E-state index is 12.3. The number of aromatic nitrogens is 1. The summed E-state index contributed by atoms with van der Waals surface area (Å²) in [5, 5.41) is 12.1. The van der Waals surface area contributed by atoms with E-state index in [1.165, 1.54) is 6.07 Å². The van der Waals surface area contributed by atoms with E-state index in [2.05, 4.69) is 14.5 Å². The molecule has 0 saturated heterocycles. The second-order valence-corrected chi connectivity index (χ2v) is 4.07. The Morgan fingerprint density at radius 1 is 1.40 bits per heavy atom. The Bertz CT molecular complexity index is 523. The van der Waals surface area contributed by atoms with Gasteiger partial charge in [0.1, 0.15) is 0 Å². The van der Waals surface area contributed by atoms with Gasteiger partial charge in [0.25, 0.3) is 6.43 Å². The molecule has 0 spiro atoms. The number of hydrogen-bond donors (Lipinski definition) is 0. The lowest BCUT2D eigenvalue weighted by atomic mass is 9.90. The largest absolute Gasteiger partial charge is 0.389 e. The van der Waals surface area contributed by atoms with Crippen LogP contribution in [-0.4, -0.2) is 16.9 Å². The third kappa shape index (κ3) is 4.19. The second-order valence-electron chi connectivity index (χ2n) is 4.07. The van der Waals surface area contributed by atoms with E-state index in [1.807, 2.05) is 0 Å². The van der Waals surface area contributed by atoms with E-state index in [4.69, 9.17) is 11.8 Å². The first-order valence-corrected chi connectivity index (χ1v) is 5.31. The highest BCUT2D eigenvalue weighted by molar-refractivity contribution is 5.22. The minimum atomic E-state index is -4.51. The van der Waals surface area contributed by atoms with Crippen LogP contribution in [0.2, 0.25) is 0 Å². The first kappa shape index (κ1) is 15.9. The van der Waals surface area contributed by atoms with Crippen molar-refractivity contribution in [1.29, 1.82) is 5.26 Å². The quantitative estimate of drug-likeness (QED) is 0.614. The van der Waals surface area contributed by atoms with Gasteiger partial charge in [-0.15, -0.1) is 0 Å². The van der Waals surface area contributed by atoms with E-state index < -0.39 is 43.2 Å². The summed E-state index contributed by atoms with van der Waals surface area (Å²) in [6.45, 7) is 6.88. The second kappa shape index (κ2) is 5.87. The molecule has 20 heavy (non-hydrogen) atoms. The molecule has 0 aliphatic heterocycles. The lowest BCUT2D eigenvalue weighted by Gasteiger charge is -2.14. The van der Waals surface area contributed by atoms with E-state index in [-0.39, 0.29) is 5.69 Å². The fraction of sp³-hybridized carbons (Fsp3) is 0.545. The monoisotopic (exact) mass is 293 g/mol. The van der Waals surface area contributed by atoms with Crippen LogP contribution in [0.25, 0.3) is 4.85 Å². The Balaban J connectivity index is 2.86. The van der Waals surface area contributed by atoms with Crippen LogP contribution in [0.15, 0.2) is 10.6 Å². The zero-order valence-corrected chi connectivity index (χ0v) is 9.92. The molecule has 1 heterocycles. The number of hydrogen-bond acceptors (Lipinski definition) is 3. The van der Waals surface area contributed by atoms with Crippen LogP contribution in [0.1, 0.15) is 30.7 Å². The van der Waals surface area contributed by atoms with Gasteiger partial charge >= 0.3 is 11.7 Å². The van der Waals surface area contributed by atoms with E-state index in [9.17, 15) is 22.0 Å². The molecule has 1 atom stereocenters. The van der Waals surface area contributed by atoms with Crippen molar-refractivity contribution in [3.05, 3.63) is 28.9 Å². The molecule has 9 heteroatoms. The fourth-order valence-electron chi connectivity index (χ4n) is 1.47. The molecule has 1 aromatic rings. The van der Waals surface area contributed by atoms with E-state index in [0.717, 1.165) is 6.07 Å². The fourth-order valence-corrected chi connectivity index (χ4v) is 1.47. The van der Waals surface area contributed by atoms with Crippen molar-refractivity contribution in [1.82, 2.24) is 5.16 Å². The summed E-state index contributed by atoms with van der Waals surface area (Å²) in [4.78, 5) is 2.91. The van der Waals surface area contributed by atoms with Gasteiger partial charge in [-0.25, -0.2) is 15.4 Å². The topological polar surface area (TPSA) is 54.2 Å². The van der Waals surface area contributed by atoms with Crippen molar-refractivity contribution < 1.29 is 26.5 Å². The van der Waals surface area contributed by atoms with Crippen LogP contribution in [0, 0.1) is 17.9 Å². The molecule has 1 aromatic heterocycles. The highest BCUT2D eigenvalue weighted by Crippen LogP contribution is 2.31. The number of rotatable bonds is 5. The van der Waals surface area contributed by atoms with Gasteiger partial charge in [0.2, 0.25) is 5.76 Å². The molecule has 1 unspecified atom stereocenters. The van der Waals surface area contributed by atoms with Crippen LogP contribution < -0.4 is 0 Å². The third-order valence-corrected chi connectivity index (χ3v) is 2.51. The Hall–Kier alpha value is -2.16. The van der Waals surface area contributed by atoms with Crippen LogP contribution in [0.4, 0.5) is 22.0 Å². The number of alkyl halides is 5. The predicted octanol–water partition coefficient (Wildman–Crippen LogP) is 3.68. The smallest absolute Gasteiger partial charge is 0.355 e. The molecule has 0 N–H and O–H groups in total. The van der Waals surface area contributed by atoms with Crippen LogP contribution >= 0.6 is 0 Å². The summed E-state index contributed by atoms with van der Waals surface area (Å²) in [6, 6.07) is 2.33. The van der Waals surface area contributed by atoms with Crippen molar-refractivity contribution in [2.45, 2.75) is 37.4 Å². The van der Waals surface area contributed by atoms with Gasteiger partial charge in [0, 0.05) is 12.5 Å². The molecule has 0 saturated carbocycles. The third-order valence-electron chi connectivity index (χ3n) is 2.51. The van der Waals surface area contributed by atoms with Crippen molar-refractivity contribution in [2.24, 2.45) is 0 Å². The van der Waals surface area contributed by atoms with Gasteiger partial charge in [0.15, 0.2) is 6.07 Å². The van der Waals surface area contributed by atoms with Crippen LogP contribution in [0.3, 0.4) is 0 Å². The lowest BCUT2D eigenvalue weighted by molar-refractivity contribution is -0.136. The molecular formula is C11H8F5N3O. The molecule has 0 amide bonds. The van der Waals surface area contributed by atoms with Gasteiger partial charge in [-0.1, -0.05) is 5.16 Å². The molecule has 0 fully saturated rings. The Kier molecular flexibility index (Phi) is 4.66. The minimum absolute atomic E-state index is 0.153.